The Labute approximate surface area is 178 Å². The molecular weight excluding hydrogens is 378 g/mol. The van der Waals surface area contributed by atoms with Crippen LogP contribution in [0.1, 0.15) is 33.9 Å². The van der Waals surface area contributed by atoms with Crippen molar-refractivity contribution in [3.63, 3.8) is 0 Å². The number of anilines is 1. The van der Waals surface area contributed by atoms with E-state index in [0.29, 0.717) is 17.9 Å². The number of nitrogens with zero attached hydrogens (tertiary/aromatic N) is 2. The van der Waals surface area contributed by atoms with Gasteiger partial charge in [-0.25, -0.2) is 0 Å². The number of methoxy groups -OCH3 is 1. The normalized spacial score (nSPS) is 17.9. The first-order valence-electron chi connectivity index (χ1n) is 10.7. The van der Waals surface area contributed by atoms with E-state index >= 15 is 0 Å². The molecule has 0 aliphatic carbocycles. The lowest BCUT2D eigenvalue weighted by atomic mass is 9.95. The highest BCUT2D eigenvalue weighted by molar-refractivity contribution is 5.94. The van der Waals surface area contributed by atoms with E-state index in [4.69, 9.17) is 9.47 Å². The number of ether oxygens (including phenoxy) is 2. The number of rotatable bonds is 6. The van der Waals surface area contributed by atoms with Gasteiger partial charge in [0, 0.05) is 44.5 Å². The number of morpholine rings is 1. The largest absolute Gasteiger partial charge is 0.497 e. The summed E-state index contributed by atoms with van der Waals surface area (Å²) in [5.41, 5.74) is 4.60. The fourth-order valence-electron chi connectivity index (χ4n) is 4.42. The fraction of sp³-hybridized carbons (Fsp3) is 0.458. The molecule has 160 valence electrons. The second kappa shape index (κ2) is 9.49. The van der Waals surface area contributed by atoms with Crippen molar-refractivity contribution in [2.75, 3.05) is 58.5 Å². The number of benzene rings is 2. The lowest BCUT2D eigenvalue weighted by Gasteiger charge is -2.36. The van der Waals surface area contributed by atoms with Crippen LogP contribution in [0, 0.1) is 0 Å². The van der Waals surface area contributed by atoms with Crippen LogP contribution in [0.3, 0.4) is 0 Å². The smallest absolute Gasteiger partial charge is 0.251 e. The molecule has 2 aliphatic heterocycles. The summed E-state index contributed by atoms with van der Waals surface area (Å²) in [5.74, 6) is 0.607. The zero-order valence-corrected chi connectivity index (χ0v) is 17.9. The average molecular weight is 410 g/mol. The number of hydrogen-bond acceptors (Lipinski definition) is 5. The molecule has 0 spiro atoms. The number of fused-ring (bicyclic) bond motifs is 1. The zero-order valence-electron chi connectivity index (χ0n) is 17.9. The summed E-state index contributed by atoms with van der Waals surface area (Å²) in [7, 11) is 3.77. The lowest BCUT2D eigenvalue weighted by Crippen LogP contribution is -2.44. The molecule has 1 amide bonds. The minimum atomic E-state index is -0.0788. The maximum atomic E-state index is 12.8. The van der Waals surface area contributed by atoms with E-state index in [-0.39, 0.29) is 11.9 Å². The predicted octanol–water partition coefficient (Wildman–Crippen LogP) is 2.88. The minimum absolute atomic E-state index is 0.0788. The van der Waals surface area contributed by atoms with E-state index in [1.54, 1.807) is 13.2 Å². The van der Waals surface area contributed by atoms with Crippen molar-refractivity contribution in [3.05, 3.63) is 59.2 Å². The Balaban J connectivity index is 1.53. The van der Waals surface area contributed by atoms with Crippen molar-refractivity contribution in [1.29, 1.82) is 0 Å². The maximum Gasteiger partial charge on any atom is 0.251 e. The lowest BCUT2D eigenvalue weighted by molar-refractivity contribution is 0.0162. The first kappa shape index (κ1) is 20.7. The number of carbonyl (C=O) groups is 1. The quantitative estimate of drug-likeness (QED) is 0.795. The molecule has 6 nitrogen and oxygen atoms in total. The topological polar surface area (TPSA) is 54.0 Å². The van der Waals surface area contributed by atoms with E-state index in [1.165, 1.54) is 23.2 Å². The number of carbonyl (C=O) groups excluding carboxylic acids is 1. The Morgan fingerprint density at radius 2 is 2.00 bits per heavy atom. The highest BCUT2D eigenvalue weighted by Crippen LogP contribution is 2.31. The summed E-state index contributed by atoms with van der Waals surface area (Å²) < 4.78 is 10.8. The van der Waals surface area contributed by atoms with Crippen molar-refractivity contribution in [2.24, 2.45) is 0 Å². The molecular formula is C24H31N3O3. The van der Waals surface area contributed by atoms with Crippen LogP contribution in [0.5, 0.6) is 5.75 Å². The van der Waals surface area contributed by atoms with Crippen molar-refractivity contribution in [2.45, 2.75) is 18.9 Å². The molecule has 0 unspecified atom stereocenters. The summed E-state index contributed by atoms with van der Waals surface area (Å²) >= 11 is 0. The van der Waals surface area contributed by atoms with Crippen LogP contribution in [0.25, 0.3) is 0 Å². The number of hydrogen-bond donors (Lipinski definition) is 1. The van der Waals surface area contributed by atoms with Crippen molar-refractivity contribution >= 4 is 11.6 Å². The van der Waals surface area contributed by atoms with E-state index in [2.05, 4.69) is 40.4 Å². The monoisotopic (exact) mass is 409 g/mol. The van der Waals surface area contributed by atoms with Crippen LogP contribution >= 0.6 is 0 Å². The highest BCUT2D eigenvalue weighted by atomic mass is 16.5. The van der Waals surface area contributed by atoms with Gasteiger partial charge in [0.2, 0.25) is 0 Å². The molecule has 2 aromatic carbocycles. The molecule has 2 aliphatic rings. The van der Waals surface area contributed by atoms with Gasteiger partial charge in [-0.1, -0.05) is 18.2 Å². The van der Waals surface area contributed by atoms with Gasteiger partial charge in [-0.05, 0) is 48.2 Å². The van der Waals surface area contributed by atoms with Crippen LogP contribution in [-0.4, -0.2) is 64.4 Å². The van der Waals surface area contributed by atoms with Crippen LogP contribution in [0.2, 0.25) is 0 Å². The second-order valence-electron chi connectivity index (χ2n) is 8.02. The van der Waals surface area contributed by atoms with Crippen LogP contribution in [0.4, 0.5) is 5.69 Å². The van der Waals surface area contributed by atoms with Gasteiger partial charge in [0.1, 0.15) is 5.75 Å². The molecule has 0 saturated carbocycles. The standard InChI is InChI=1S/C24H31N3O3/c1-26-10-4-6-18-15-19(8-9-22(18)26)23(27-11-13-30-14-12-27)17-25-24(28)20-5-3-7-21(16-20)29-2/h3,5,7-9,15-16,23H,4,6,10-14,17H2,1-2H3,(H,25,28)/t23-/m0/s1. The molecule has 0 bridgehead atoms. The third-order valence-electron chi connectivity index (χ3n) is 6.11. The Hall–Kier alpha value is -2.57. The molecule has 1 fully saturated rings. The number of nitrogens with one attached hydrogen (secondary N) is 1. The van der Waals surface area contributed by atoms with Gasteiger partial charge in [0.15, 0.2) is 0 Å². The Morgan fingerprint density at radius 3 is 2.80 bits per heavy atom. The van der Waals surface area contributed by atoms with Gasteiger partial charge in [-0.3, -0.25) is 9.69 Å². The van der Waals surface area contributed by atoms with Gasteiger partial charge < -0.3 is 19.7 Å². The van der Waals surface area contributed by atoms with Gasteiger partial charge in [0.25, 0.3) is 5.91 Å². The molecule has 0 aromatic heterocycles. The summed E-state index contributed by atoms with van der Waals surface area (Å²) in [4.78, 5) is 17.5. The van der Waals surface area contributed by atoms with Gasteiger partial charge in [-0.15, -0.1) is 0 Å². The minimum Gasteiger partial charge on any atom is -0.497 e. The van der Waals surface area contributed by atoms with Crippen LogP contribution in [-0.2, 0) is 11.2 Å². The molecule has 30 heavy (non-hydrogen) atoms. The highest BCUT2D eigenvalue weighted by Gasteiger charge is 2.25. The third kappa shape index (κ3) is 4.60. The van der Waals surface area contributed by atoms with E-state index < -0.39 is 0 Å². The SMILES string of the molecule is COc1cccc(C(=O)NC[C@@H](c2ccc3c(c2)CCCN3C)N2CCOCC2)c1. The molecule has 2 aromatic rings. The van der Waals surface area contributed by atoms with Crippen LogP contribution in [0.15, 0.2) is 42.5 Å². The Bertz CT molecular complexity index is 880. The summed E-state index contributed by atoms with van der Waals surface area (Å²) in [5, 5.41) is 3.15. The maximum absolute atomic E-state index is 12.8. The van der Waals surface area contributed by atoms with Crippen molar-refractivity contribution in [3.8, 4) is 5.75 Å². The van der Waals surface area contributed by atoms with Gasteiger partial charge in [-0.2, -0.15) is 0 Å². The fourth-order valence-corrected chi connectivity index (χ4v) is 4.42. The zero-order chi connectivity index (χ0) is 20.9. The van der Waals surface area contributed by atoms with E-state index in [9.17, 15) is 4.79 Å². The molecule has 2 heterocycles. The molecule has 1 saturated heterocycles. The van der Waals surface area contributed by atoms with Crippen molar-refractivity contribution in [1.82, 2.24) is 10.2 Å². The van der Waals surface area contributed by atoms with Gasteiger partial charge >= 0.3 is 0 Å². The van der Waals surface area contributed by atoms with E-state index in [0.717, 1.165) is 39.3 Å². The molecule has 6 heteroatoms. The summed E-state index contributed by atoms with van der Waals surface area (Å²) in [6.07, 6.45) is 2.29. The third-order valence-corrected chi connectivity index (χ3v) is 6.11. The van der Waals surface area contributed by atoms with E-state index in [1.807, 2.05) is 18.2 Å². The van der Waals surface area contributed by atoms with Gasteiger partial charge in [0.05, 0.1) is 26.4 Å². The Morgan fingerprint density at radius 1 is 1.17 bits per heavy atom. The average Bonchev–Trinajstić information content (AvgIpc) is 2.80. The first-order valence-corrected chi connectivity index (χ1v) is 10.7. The summed E-state index contributed by atoms with van der Waals surface area (Å²) in [6.45, 7) is 4.87. The predicted molar refractivity (Wildman–Crippen MR) is 118 cm³/mol. The second-order valence-corrected chi connectivity index (χ2v) is 8.02. The molecule has 4 rings (SSSR count). The number of amides is 1. The first-order chi connectivity index (χ1) is 14.7. The van der Waals surface area contributed by atoms with Crippen molar-refractivity contribution < 1.29 is 14.3 Å². The molecule has 1 atom stereocenters. The Kier molecular flexibility index (Phi) is 6.55. The summed E-state index contributed by atoms with van der Waals surface area (Å²) in [6, 6.07) is 14.2. The number of aryl methyl sites for hydroxylation is 1. The van der Waals surface area contributed by atoms with Crippen LogP contribution < -0.4 is 15.0 Å². The molecule has 0 radical (unpaired) electrons. The molecule has 1 N–H and O–H groups in total.